The van der Waals surface area contributed by atoms with E-state index in [1.165, 1.54) is 0 Å². The molecule has 2 aromatic rings. The molecule has 0 bridgehead atoms. The second kappa shape index (κ2) is 30.9. The number of unbranched alkanes of at least 4 members (excludes halogenated alkanes) is 1. The van der Waals surface area contributed by atoms with Gasteiger partial charge < -0.3 is 56.8 Å². The Bertz CT molecular complexity index is 2330. The Morgan fingerprint density at radius 1 is 0.566 bits per heavy atom. The van der Waals surface area contributed by atoms with E-state index in [4.69, 9.17) is 5.11 Å². The van der Waals surface area contributed by atoms with E-state index in [9.17, 15) is 73.5 Å². The van der Waals surface area contributed by atoms with Crippen LogP contribution >= 0.6 is 0 Å². The molecule has 2 saturated heterocycles. The fourth-order valence-electron chi connectivity index (χ4n) is 9.87. The second-order valence-electron chi connectivity index (χ2n) is 19.9. The molecule has 5 amide bonds. The minimum absolute atomic E-state index is 0. The van der Waals surface area contributed by atoms with Crippen LogP contribution in [0.5, 0.6) is 0 Å². The van der Waals surface area contributed by atoms with Gasteiger partial charge in [-0.2, -0.15) is 0 Å². The quantitative estimate of drug-likeness (QED) is 0.0572. The molecular formula is C50H71LuN9O16. The second-order valence-corrected chi connectivity index (χ2v) is 19.9. The van der Waals surface area contributed by atoms with Crippen LogP contribution in [0.25, 0.3) is 10.8 Å². The first kappa shape index (κ1) is 62.8. The standard InChI is InChI=1S/C50H71N9O16.Lu/c60-40(27-55-17-19-56(28-42(63)64)21-23-58(30-44(67)68)24-22-57(20-18-55)29-43(65)66)59-31-50(32-59)14-12-35(13-15-50)45(69)52-39(26-33-8-9-34-5-1-2-6-36(34)25-33)46(70)51-16-4-3-7-37(47(71)72)53-49(75)54-38(48(73)74)10-11-41(61)62;/h1-2,5-6,8-9,25,35,37-39H,3-4,7,10-24,26-32H2,(H,51,70)(H,52,69)(H,61,62)(H,63,64)(H,65,66)(H,67,68)(H,71,72)(H,73,74)(H2,53,54,75);/t37?,38-,39-;/m0./s1. The van der Waals surface area contributed by atoms with Gasteiger partial charge in [-0.25, -0.2) is 14.4 Å². The van der Waals surface area contributed by atoms with Gasteiger partial charge in [0.05, 0.1) is 26.2 Å². The van der Waals surface area contributed by atoms with Crippen molar-refractivity contribution in [1.29, 1.82) is 0 Å². The van der Waals surface area contributed by atoms with E-state index in [-0.39, 0.29) is 145 Å². The summed E-state index contributed by atoms with van der Waals surface area (Å²) in [5, 5.41) is 68.6. The molecule has 1 radical (unpaired) electrons. The maximum Gasteiger partial charge on any atom is 0.326 e. The molecule has 26 heteroatoms. The predicted molar refractivity (Wildman–Crippen MR) is 267 cm³/mol. The third kappa shape index (κ3) is 21.0. The van der Waals surface area contributed by atoms with Crippen LogP contribution in [-0.2, 0) is 49.6 Å². The topological polar surface area (TPSA) is 356 Å². The maximum absolute atomic E-state index is 13.9. The van der Waals surface area contributed by atoms with Gasteiger partial charge in [0.15, 0.2) is 0 Å². The number of rotatable bonds is 25. The average Bonchev–Trinajstić information content (AvgIpc) is 3.33. The van der Waals surface area contributed by atoms with Crippen LogP contribution in [0.2, 0.25) is 0 Å². The fourth-order valence-corrected chi connectivity index (χ4v) is 9.87. The number of fused-ring (bicyclic) bond motifs is 1. The molecule has 76 heavy (non-hydrogen) atoms. The molecule has 1 aliphatic carbocycles. The molecule has 25 nitrogen and oxygen atoms in total. The largest absolute Gasteiger partial charge is 0.481 e. The van der Waals surface area contributed by atoms with Crippen molar-refractivity contribution < 1.29 is 115 Å². The summed E-state index contributed by atoms with van der Waals surface area (Å²) in [5.74, 6) is -8.51. The van der Waals surface area contributed by atoms with Crippen molar-refractivity contribution in [1.82, 2.24) is 45.8 Å². The van der Waals surface area contributed by atoms with Gasteiger partial charge in [0, 0.05) is 133 Å². The van der Waals surface area contributed by atoms with Crippen molar-refractivity contribution in [3.05, 3.63) is 48.0 Å². The van der Waals surface area contributed by atoms with Crippen molar-refractivity contribution in [2.75, 3.05) is 98.2 Å². The van der Waals surface area contributed by atoms with Gasteiger partial charge in [-0.1, -0.05) is 42.5 Å². The Balaban J connectivity index is 0.0000125. The molecule has 1 saturated carbocycles. The molecule has 2 aliphatic heterocycles. The Morgan fingerprint density at radius 3 is 1.54 bits per heavy atom. The number of carboxylic acids is 6. The van der Waals surface area contributed by atoms with Crippen molar-refractivity contribution >= 4 is 70.3 Å². The monoisotopic (exact) mass is 1230 g/mol. The number of aliphatic carboxylic acids is 6. The summed E-state index contributed by atoms with van der Waals surface area (Å²) >= 11 is 0. The van der Waals surface area contributed by atoms with Crippen molar-refractivity contribution in [3.8, 4) is 0 Å². The first-order valence-corrected chi connectivity index (χ1v) is 25.3. The number of hydrogen-bond acceptors (Lipinski definition) is 14. The molecule has 3 atom stereocenters. The number of hydrogen-bond donors (Lipinski definition) is 10. The zero-order chi connectivity index (χ0) is 54.7. The Hall–Kier alpha value is -5.73. The van der Waals surface area contributed by atoms with Crippen LogP contribution in [0.1, 0.15) is 63.4 Å². The number of nitrogens with one attached hydrogen (secondary N) is 4. The van der Waals surface area contributed by atoms with Gasteiger partial charge >= 0.3 is 41.8 Å². The smallest absolute Gasteiger partial charge is 0.326 e. The zero-order valence-electron chi connectivity index (χ0n) is 42.3. The van der Waals surface area contributed by atoms with Crippen molar-refractivity contribution in [3.63, 3.8) is 0 Å². The van der Waals surface area contributed by atoms with Crippen LogP contribution in [-0.4, -0.2) is 231 Å². The Kier molecular flexibility index (Phi) is 25.5. The van der Waals surface area contributed by atoms with E-state index in [0.29, 0.717) is 58.3 Å². The van der Waals surface area contributed by atoms with E-state index in [1.807, 2.05) is 47.4 Å². The first-order valence-electron chi connectivity index (χ1n) is 25.3. The molecule has 5 rings (SSSR count). The van der Waals surface area contributed by atoms with Crippen LogP contribution in [0.15, 0.2) is 42.5 Å². The van der Waals surface area contributed by atoms with E-state index >= 15 is 0 Å². The van der Waals surface area contributed by atoms with Gasteiger partial charge in [0.2, 0.25) is 17.7 Å². The zero-order valence-corrected chi connectivity index (χ0v) is 43.9. The summed E-state index contributed by atoms with van der Waals surface area (Å²) in [7, 11) is 0. The van der Waals surface area contributed by atoms with Gasteiger partial charge in [-0.05, 0) is 67.7 Å². The predicted octanol–water partition coefficient (Wildman–Crippen LogP) is -0.282. The average molecular weight is 1230 g/mol. The summed E-state index contributed by atoms with van der Waals surface area (Å²) in [6, 6.07) is 8.50. The molecule has 3 aliphatic rings. The van der Waals surface area contributed by atoms with Crippen LogP contribution in [0.4, 0.5) is 4.79 Å². The molecule has 2 aromatic carbocycles. The normalized spacial score (nSPS) is 18.2. The van der Waals surface area contributed by atoms with Gasteiger partial charge in [-0.15, -0.1) is 0 Å². The van der Waals surface area contributed by atoms with Crippen molar-refractivity contribution in [2.45, 2.75) is 82.3 Å². The SMILES string of the molecule is O=C(O)CC[C@H](NC(=O)NC(CCCCNC(=O)[C@H](Cc1ccc2ccccc2c1)NC(=O)C1CCC2(CC1)CN(C(=O)CN1CCN(CC(=O)O)CCN(CC(=O)O)CCN(CC(=O)O)CC1)C2)C(=O)O)C(=O)O.[Lu]. The molecule has 0 aromatic heterocycles. The molecule has 1 unspecified atom stereocenters. The number of benzene rings is 2. The summed E-state index contributed by atoms with van der Waals surface area (Å²) in [5.41, 5.74) is 0.626. The minimum Gasteiger partial charge on any atom is -0.481 e. The summed E-state index contributed by atoms with van der Waals surface area (Å²) in [6.07, 6.45) is 2.10. The number of carboxylic acid groups (broad SMARTS) is 6. The van der Waals surface area contributed by atoms with Crippen molar-refractivity contribution in [2.24, 2.45) is 11.3 Å². The van der Waals surface area contributed by atoms with Gasteiger partial charge in [0.1, 0.15) is 18.1 Å². The number of amides is 5. The summed E-state index contributed by atoms with van der Waals surface area (Å²) in [4.78, 5) is 132. The Morgan fingerprint density at radius 2 is 1.05 bits per heavy atom. The number of carbonyl (C=O) groups excluding carboxylic acids is 4. The number of likely N-dealkylation sites (tertiary alicyclic amines) is 1. The van der Waals surface area contributed by atoms with Crippen LogP contribution < -0.4 is 21.3 Å². The number of nitrogens with zero attached hydrogens (tertiary/aromatic N) is 5. The molecular weight excluding hydrogens is 1160 g/mol. The number of urea groups is 1. The van der Waals surface area contributed by atoms with Crippen LogP contribution in [0, 0.1) is 48.2 Å². The molecule has 1 spiro atoms. The third-order valence-corrected chi connectivity index (χ3v) is 14.1. The maximum atomic E-state index is 13.9. The van der Waals surface area contributed by atoms with Gasteiger partial charge in [-0.3, -0.25) is 53.2 Å². The minimum atomic E-state index is -1.55. The van der Waals surface area contributed by atoms with E-state index < -0.39 is 84.6 Å². The van der Waals surface area contributed by atoms with E-state index in [1.54, 1.807) is 19.6 Å². The first-order chi connectivity index (χ1) is 35.7. The summed E-state index contributed by atoms with van der Waals surface area (Å²) < 4.78 is 0. The third-order valence-electron chi connectivity index (χ3n) is 14.1. The van der Waals surface area contributed by atoms with E-state index in [2.05, 4.69) is 21.3 Å². The molecule has 10 N–H and O–H groups in total. The molecule has 2 heterocycles. The van der Waals surface area contributed by atoms with E-state index in [0.717, 1.165) is 16.3 Å². The fraction of sp³-hybridized carbons (Fsp3) is 0.600. The van der Waals surface area contributed by atoms with Gasteiger partial charge in [0.25, 0.3) is 0 Å². The number of carbonyl (C=O) groups is 10. The Labute approximate surface area is 468 Å². The molecule has 427 valence electrons. The van der Waals surface area contributed by atoms with Crippen LogP contribution in [0.3, 0.4) is 0 Å². The molecule has 3 fully saturated rings. The summed E-state index contributed by atoms with van der Waals surface area (Å²) in [6.45, 7) is 2.56.